The maximum absolute atomic E-state index is 6.55. The highest BCUT2D eigenvalue weighted by atomic mass is 32.2. The first-order chi connectivity index (χ1) is 9.13. The van der Waals surface area contributed by atoms with Crippen molar-refractivity contribution in [2.75, 3.05) is 23.6 Å². The number of piperidine rings is 1. The van der Waals surface area contributed by atoms with Gasteiger partial charge in [0, 0.05) is 41.4 Å². The molecule has 1 aliphatic heterocycles. The highest BCUT2D eigenvalue weighted by molar-refractivity contribution is 8.00. The van der Waals surface area contributed by atoms with Crippen molar-refractivity contribution < 1.29 is 0 Å². The predicted molar refractivity (Wildman–Crippen MR) is 83.4 cm³/mol. The first kappa shape index (κ1) is 13.3. The van der Waals surface area contributed by atoms with Gasteiger partial charge in [-0.1, -0.05) is 37.9 Å². The van der Waals surface area contributed by atoms with Gasteiger partial charge in [0.15, 0.2) is 0 Å². The molecule has 0 radical (unpaired) electrons. The molecule has 1 saturated heterocycles. The van der Waals surface area contributed by atoms with Gasteiger partial charge in [0.1, 0.15) is 0 Å². The second-order valence-corrected chi connectivity index (χ2v) is 6.86. The van der Waals surface area contributed by atoms with Gasteiger partial charge in [0.05, 0.1) is 0 Å². The van der Waals surface area contributed by atoms with Crippen molar-refractivity contribution in [3.05, 3.63) is 29.8 Å². The summed E-state index contributed by atoms with van der Waals surface area (Å²) >= 11 is 1.77. The molecule has 3 atom stereocenters. The molecule has 3 rings (SSSR count). The Morgan fingerprint density at radius 2 is 2.37 bits per heavy atom. The smallest absolute Gasteiger partial charge is 0.0442 e. The lowest BCUT2D eigenvalue weighted by atomic mass is 9.90. The van der Waals surface area contributed by atoms with Crippen molar-refractivity contribution in [3.8, 4) is 0 Å². The zero-order valence-electron chi connectivity index (χ0n) is 11.7. The van der Waals surface area contributed by atoms with Gasteiger partial charge in [-0.05, 0) is 24.1 Å². The van der Waals surface area contributed by atoms with Crippen molar-refractivity contribution in [2.24, 2.45) is 11.7 Å². The van der Waals surface area contributed by atoms with Crippen molar-refractivity contribution in [2.45, 2.75) is 31.2 Å². The molecule has 1 heterocycles. The van der Waals surface area contributed by atoms with Gasteiger partial charge in [-0.25, -0.2) is 0 Å². The Bertz CT molecular complexity index is 478. The summed E-state index contributed by atoms with van der Waals surface area (Å²) < 4.78 is 3.42. The molecule has 2 fully saturated rings. The molecule has 0 unspecified atom stereocenters. The molecular formula is C15H23N3S. The van der Waals surface area contributed by atoms with Gasteiger partial charge >= 0.3 is 0 Å². The number of benzene rings is 1. The molecule has 0 spiro atoms. The van der Waals surface area contributed by atoms with E-state index in [1.165, 1.54) is 17.7 Å². The fourth-order valence-corrected chi connectivity index (χ4v) is 4.15. The van der Waals surface area contributed by atoms with Gasteiger partial charge in [0.2, 0.25) is 0 Å². The van der Waals surface area contributed by atoms with E-state index in [-0.39, 0.29) is 11.0 Å². The standard InChI is InChI=1S/C15H23N3S/c1-3-7-19-18-12-6-4-5-11(8-12)14(2)13-9-17-10-15(13,14)16/h4-6,8,13,17-18H,3,7,9-10,16H2,1-2H3/t13-,14-,15+/m0/s1. The Morgan fingerprint density at radius 1 is 1.53 bits per heavy atom. The first-order valence-electron chi connectivity index (χ1n) is 7.11. The van der Waals surface area contributed by atoms with Crippen molar-refractivity contribution in [1.29, 1.82) is 0 Å². The minimum atomic E-state index is -0.0395. The van der Waals surface area contributed by atoms with E-state index in [1.807, 2.05) is 0 Å². The molecule has 1 aromatic rings. The lowest BCUT2D eigenvalue weighted by Crippen LogP contribution is -2.39. The van der Waals surface area contributed by atoms with Crippen LogP contribution in [-0.2, 0) is 5.41 Å². The number of hydrogen-bond donors (Lipinski definition) is 3. The topological polar surface area (TPSA) is 50.1 Å². The molecule has 19 heavy (non-hydrogen) atoms. The van der Waals surface area contributed by atoms with E-state index in [9.17, 15) is 0 Å². The largest absolute Gasteiger partial charge is 0.330 e. The van der Waals surface area contributed by atoms with Crippen LogP contribution in [0.25, 0.3) is 0 Å². The van der Waals surface area contributed by atoms with Crippen molar-refractivity contribution in [3.63, 3.8) is 0 Å². The van der Waals surface area contributed by atoms with Crippen molar-refractivity contribution in [1.82, 2.24) is 5.32 Å². The Kier molecular flexibility index (Phi) is 3.28. The average molecular weight is 277 g/mol. The summed E-state index contributed by atoms with van der Waals surface area (Å²) in [5, 5.41) is 3.40. The van der Waals surface area contributed by atoms with Crippen LogP contribution in [0.2, 0.25) is 0 Å². The molecule has 2 aliphatic rings. The molecule has 0 bridgehead atoms. The molecule has 1 saturated carbocycles. The van der Waals surface area contributed by atoms with Crippen molar-refractivity contribution >= 4 is 17.6 Å². The second kappa shape index (κ2) is 4.69. The highest BCUT2D eigenvalue weighted by Crippen LogP contribution is 2.63. The number of rotatable bonds is 5. The summed E-state index contributed by atoms with van der Waals surface area (Å²) in [6.45, 7) is 6.51. The number of nitrogens with one attached hydrogen (secondary N) is 2. The molecular weight excluding hydrogens is 254 g/mol. The van der Waals surface area contributed by atoms with Crippen LogP contribution in [0.3, 0.4) is 0 Å². The number of fused-ring (bicyclic) bond motifs is 1. The molecule has 1 aromatic carbocycles. The third-order valence-corrected chi connectivity index (χ3v) is 5.92. The van der Waals surface area contributed by atoms with E-state index < -0.39 is 0 Å². The third kappa shape index (κ3) is 1.89. The first-order valence-corrected chi connectivity index (χ1v) is 8.09. The van der Waals surface area contributed by atoms with Gasteiger partial charge in [-0.3, -0.25) is 0 Å². The number of hydrogen-bond acceptors (Lipinski definition) is 4. The number of anilines is 1. The molecule has 4 N–H and O–H groups in total. The maximum Gasteiger partial charge on any atom is 0.0442 e. The van der Waals surface area contributed by atoms with E-state index in [1.54, 1.807) is 11.9 Å². The second-order valence-electron chi connectivity index (χ2n) is 5.96. The molecule has 0 amide bonds. The van der Waals surface area contributed by atoms with Crippen LogP contribution in [0.5, 0.6) is 0 Å². The summed E-state index contributed by atoms with van der Waals surface area (Å²) in [7, 11) is 0. The SMILES string of the molecule is CCCSNc1cccc([C@@]2(C)[C@@H]3CNC[C@@]32N)c1. The Morgan fingerprint density at radius 3 is 3.05 bits per heavy atom. The van der Waals surface area contributed by atoms with Crippen LogP contribution in [0.15, 0.2) is 24.3 Å². The minimum absolute atomic E-state index is 0.0395. The fraction of sp³-hybridized carbons (Fsp3) is 0.600. The van der Waals surface area contributed by atoms with Gasteiger partial charge in [-0.2, -0.15) is 0 Å². The van der Waals surface area contributed by atoms with E-state index in [4.69, 9.17) is 5.73 Å². The zero-order valence-corrected chi connectivity index (χ0v) is 12.5. The Hall–Kier alpha value is -0.710. The maximum atomic E-state index is 6.55. The van der Waals surface area contributed by atoms with Crippen LogP contribution in [-0.4, -0.2) is 24.4 Å². The van der Waals surface area contributed by atoms with E-state index >= 15 is 0 Å². The monoisotopic (exact) mass is 277 g/mol. The summed E-state index contributed by atoms with van der Waals surface area (Å²) in [5.41, 5.74) is 9.22. The summed E-state index contributed by atoms with van der Waals surface area (Å²) in [4.78, 5) is 0. The van der Waals surface area contributed by atoms with E-state index in [0.717, 1.165) is 18.8 Å². The minimum Gasteiger partial charge on any atom is -0.330 e. The van der Waals surface area contributed by atoms with Crippen LogP contribution in [0.1, 0.15) is 25.8 Å². The lowest BCUT2D eigenvalue weighted by Gasteiger charge is -2.21. The van der Waals surface area contributed by atoms with E-state index in [0.29, 0.717) is 5.92 Å². The highest BCUT2D eigenvalue weighted by Gasteiger charge is 2.74. The Balaban J connectivity index is 1.77. The van der Waals surface area contributed by atoms with Gasteiger partial charge in [0.25, 0.3) is 0 Å². The van der Waals surface area contributed by atoms with Gasteiger partial charge < -0.3 is 15.8 Å². The average Bonchev–Trinajstić information content (AvgIpc) is 2.74. The normalized spacial score (nSPS) is 36.1. The molecule has 104 valence electrons. The number of nitrogens with two attached hydrogens (primary N) is 1. The quantitative estimate of drug-likeness (QED) is 0.571. The van der Waals surface area contributed by atoms with Crippen LogP contribution in [0.4, 0.5) is 5.69 Å². The van der Waals surface area contributed by atoms with Crippen LogP contribution in [0, 0.1) is 5.92 Å². The van der Waals surface area contributed by atoms with E-state index in [2.05, 4.69) is 48.2 Å². The molecule has 3 nitrogen and oxygen atoms in total. The molecule has 0 aromatic heterocycles. The van der Waals surface area contributed by atoms with Crippen LogP contribution < -0.4 is 15.8 Å². The third-order valence-electron chi connectivity index (χ3n) is 4.93. The summed E-state index contributed by atoms with van der Waals surface area (Å²) in [5.74, 6) is 1.72. The van der Waals surface area contributed by atoms with Gasteiger partial charge in [-0.15, -0.1) is 0 Å². The predicted octanol–water partition coefficient (Wildman–Crippen LogP) is 2.34. The fourth-order valence-electron chi connectivity index (χ4n) is 3.55. The zero-order chi connectivity index (χ0) is 13.5. The lowest BCUT2D eigenvalue weighted by molar-refractivity contribution is 0.520. The Labute approximate surface area is 119 Å². The van der Waals surface area contributed by atoms with Crippen LogP contribution >= 0.6 is 11.9 Å². The summed E-state index contributed by atoms with van der Waals surface area (Å²) in [6.07, 6.45) is 1.19. The molecule has 1 aliphatic carbocycles. The molecule has 4 heteroatoms. The summed E-state index contributed by atoms with van der Waals surface area (Å²) in [6, 6.07) is 8.77.